The van der Waals surface area contributed by atoms with Crippen molar-refractivity contribution in [3.05, 3.63) is 88.7 Å². The molecule has 1 fully saturated rings. The lowest BCUT2D eigenvalue weighted by Gasteiger charge is -2.37. The minimum Gasteiger partial charge on any atom is -0.371 e. The van der Waals surface area contributed by atoms with Gasteiger partial charge in [-0.05, 0) is 87.0 Å². The van der Waals surface area contributed by atoms with E-state index < -0.39 is 9.84 Å². The molecule has 1 atom stereocenters. The molecule has 38 heavy (non-hydrogen) atoms. The highest BCUT2D eigenvalue weighted by molar-refractivity contribution is 7.91. The van der Waals surface area contributed by atoms with E-state index in [1.54, 1.807) is 12.1 Å². The summed E-state index contributed by atoms with van der Waals surface area (Å²) in [7, 11) is -1.08. The SMILES string of the molecule is Cc1ccc(S(=O)(=O)CC2CCN(c3cccc4c3C[C@H](CN(C)Cc3ncccc3C)NC4)CC2)cc1. The van der Waals surface area contributed by atoms with Crippen LogP contribution in [0.1, 0.15) is 40.8 Å². The maximum absolute atomic E-state index is 13.0. The molecule has 1 aromatic heterocycles. The van der Waals surface area contributed by atoms with Crippen molar-refractivity contribution in [3.63, 3.8) is 0 Å². The number of aryl methyl sites for hydroxylation is 2. The van der Waals surface area contributed by atoms with Gasteiger partial charge in [0.05, 0.1) is 16.3 Å². The lowest BCUT2D eigenvalue weighted by Crippen LogP contribution is -2.44. The van der Waals surface area contributed by atoms with E-state index in [-0.39, 0.29) is 11.7 Å². The highest BCUT2D eigenvalue weighted by Crippen LogP contribution is 2.32. The number of hydrogen-bond donors (Lipinski definition) is 1. The van der Waals surface area contributed by atoms with Crippen molar-refractivity contribution in [2.45, 2.75) is 57.1 Å². The molecule has 0 bridgehead atoms. The van der Waals surface area contributed by atoms with Gasteiger partial charge in [-0.2, -0.15) is 0 Å². The highest BCUT2D eigenvalue weighted by Gasteiger charge is 2.28. The number of rotatable bonds is 8. The Morgan fingerprint density at radius 1 is 1.03 bits per heavy atom. The molecule has 1 N–H and O–H groups in total. The molecule has 3 aromatic rings. The molecule has 2 aromatic carbocycles. The first-order valence-corrected chi connectivity index (χ1v) is 15.4. The van der Waals surface area contributed by atoms with Gasteiger partial charge in [-0.15, -0.1) is 0 Å². The predicted octanol–water partition coefficient (Wildman–Crippen LogP) is 4.54. The fourth-order valence-corrected chi connectivity index (χ4v) is 7.59. The van der Waals surface area contributed by atoms with Crippen LogP contribution in [0.15, 0.2) is 65.7 Å². The monoisotopic (exact) mass is 532 g/mol. The van der Waals surface area contributed by atoms with E-state index in [4.69, 9.17) is 0 Å². The Hall–Kier alpha value is -2.74. The summed E-state index contributed by atoms with van der Waals surface area (Å²) in [6.07, 6.45) is 4.68. The molecule has 0 unspecified atom stereocenters. The van der Waals surface area contributed by atoms with Crippen LogP contribution in [0.2, 0.25) is 0 Å². The summed E-state index contributed by atoms with van der Waals surface area (Å²) < 4.78 is 26.0. The number of fused-ring (bicyclic) bond motifs is 1. The Balaban J connectivity index is 1.20. The zero-order chi connectivity index (χ0) is 26.7. The smallest absolute Gasteiger partial charge is 0.178 e. The third-order valence-corrected chi connectivity index (χ3v) is 10.0. The molecule has 1 saturated heterocycles. The van der Waals surface area contributed by atoms with Crippen LogP contribution in [-0.2, 0) is 29.3 Å². The summed E-state index contributed by atoms with van der Waals surface area (Å²) in [5.74, 6) is 0.445. The summed E-state index contributed by atoms with van der Waals surface area (Å²) in [6, 6.07) is 18.4. The largest absolute Gasteiger partial charge is 0.371 e. The number of hydrogen-bond acceptors (Lipinski definition) is 6. The van der Waals surface area contributed by atoms with Crippen LogP contribution < -0.4 is 10.2 Å². The van der Waals surface area contributed by atoms with Crippen LogP contribution in [-0.4, -0.2) is 56.8 Å². The van der Waals surface area contributed by atoms with Gasteiger partial charge in [-0.25, -0.2) is 8.42 Å². The number of pyridine rings is 1. The second-order valence-electron chi connectivity index (χ2n) is 11.2. The number of aromatic nitrogens is 1. The molecule has 0 saturated carbocycles. The Morgan fingerprint density at radius 3 is 2.53 bits per heavy atom. The summed E-state index contributed by atoms with van der Waals surface area (Å²) in [6.45, 7) is 8.60. The van der Waals surface area contributed by atoms with Crippen molar-refractivity contribution >= 4 is 15.5 Å². The molecule has 0 amide bonds. The van der Waals surface area contributed by atoms with Gasteiger partial charge in [0.25, 0.3) is 0 Å². The van der Waals surface area contributed by atoms with Gasteiger partial charge >= 0.3 is 0 Å². The first-order valence-electron chi connectivity index (χ1n) is 13.8. The van der Waals surface area contributed by atoms with Gasteiger partial charge in [-0.1, -0.05) is 35.9 Å². The van der Waals surface area contributed by atoms with E-state index in [0.717, 1.165) is 63.2 Å². The lowest BCUT2D eigenvalue weighted by atomic mass is 9.91. The number of nitrogens with zero attached hydrogens (tertiary/aromatic N) is 3. The number of sulfone groups is 1. The molecule has 0 spiro atoms. The van der Waals surface area contributed by atoms with Gasteiger partial charge in [0.1, 0.15) is 0 Å². The van der Waals surface area contributed by atoms with Crippen molar-refractivity contribution in [3.8, 4) is 0 Å². The van der Waals surface area contributed by atoms with Gasteiger partial charge in [-0.3, -0.25) is 9.88 Å². The number of nitrogens with one attached hydrogen (secondary N) is 1. The quantitative estimate of drug-likeness (QED) is 0.460. The summed E-state index contributed by atoms with van der Waals surface area (Å²) >= 11 is 0. The standard InChI is InChI=1S/C31H40N4O2S/c1-23-9-11-28(12-10-23)38(36,37)22-25-13-16-35(17-14-25)31-8-4-7-26-19-33-27(18-29(26)31)20-34(3)21-30-24(2)6-5-15-32-30/h4-12,15,25,27,33H,13-14,16-22H2,1-3H3/t27-/m1/s1. The number of likely N-dealkylation sites (N-methyl/N-ethyl adjacent to an activating group) is 1. The maximum Gasteiger partial charge on any atom is 0.178 e. The normalized spacial score (nSPS) is 18.5. The van der Waals surface area contributed by atoms with Crippen LogP contribution in [0.3, 0.4) is 0 Å². The van der Waals surface area contributed by atoms with E-state index in [9.17, 15) is 8.42 Å². The molecular weight excluding hydrogens is 492 g/mol. The van der Waals surface area contributed by atoms with E-state index >= 15 is 0 Å². The fraction of sp³-hybridized carbons (Fsp3) is 0.452. The van der Waals surface area contributed by atoms with E-state index in [2.05, 4.69) is 58.3 Å². The van der Waals surface area contributed by atoms with Crippen LogP contribution in [0, 0.1) is 19.8 Å². The molecule has 7 heteroatoms. The fourth-order valence-electron chi connectivity index (χ4n) is 5.89. The molecule has 0 radical (unpaired) electrons. The van der Waals surface area contributed by atoms with Gasteiger partial charge < -0.3 is 10.2 Å². The lowest BCUT2D eigenvalue weighted by molar-refractivity contribution is 0.271. The summed E-state index contributed by atoms with van der Waals surface area (Å²) in [4.78, 5) is 9.86. The average molecular weight is 533 g/mol. The zero-order valence-electron chi connectivity index (χ0n) is 22.9. The van der Waals surface area contributed by atoms with Gasteiger partial charge in [0.15, 0.2) is 9.84 Å². The van der Waals surface area contributed by atoms with E-state index in [1.165, 1.54) is 22.4 Å². The minimum atomic E-state index is -3.25. The summed E-state index contributed by atoms with van der Waals surface area (Å²) in [5, 5.41) is 3.74. The van der Waals surface area contributed by atoms with Gasteiger partial charge in [0.2, 0.25) is 0 Å². The number of piperidine rings is 1. The predicted molar refractivity (Wildman–Crippen MR) is 154 cm³/mol. The van der Waals surface area contributed by atoms with Crippen molar-refractivity contribution in [1.82, 2.24) is 15.2 Å². The molecule has 3 heterocycles. The van der Waals surface area contributed by atoms with Crippen LogP contribution >= 0.6 is 0 Å². The second-order valence-corrected chi connectivity index (χ2v) is 13.2. The average Bonchev–Trinajstić information content (AvgIpc) is 2.90. The molecule has 202 valence electrons. The van der Waals surface area contributed by atoms with Crippen molar-refractivity contribution in [2.24, 2.45) is 5.92 Å². The Morgan fingerprint density at radius 2 is 1.79 bits per heavy atom. The first kappa shape index (κ1) is 26.9. The molecule has 0 aliphatic carbocycles. The Bertz CT molecular complexity index is 1350. The van der Waals surface area contributed by atoms with Crippen molar-refractivity contribution in [2.75, 3.05) is 37.3 Å². The van der Waals surface area contributed by atoms with Crippen LogP contribution in [0.5, 0.6) is 0 Å². The van der Waals surface area contributed by atoms with E-state index in [1.807, 2.05) is 31.3 Å². The first-order chi connectivity index (χ1) is 18.3. The zero-order valence-corrected chi connectivity index (χ0v) is 23.7. The maximum atomic E-state index is 13.0. The molecule has 2 aliphatic heterocycles. The molecule has 6 nitrogen and oxygen atoms in total. The molecule has 5 rings (SSSR count). The topological polar surface area (TPSA) is 65.5 Å². The van der Waals surface area contributed by atoms with Crippen molar-refractivity contribution in [1.29, 1.82) is 0 Å². The highest BCUT2D eigenvalue weighted by atomic mass is 32.2. The molecule has 2 aliphatic rings. The third-order valence-electron chi connectivity index (χ3n) is 8.14. The van der Waals surface area contributed by atoms with E-state index in [0.29, 0.717) is 10.9 Å². The summed E-state index contributed by atoms with van der Waals surface area (Å²) in [5.41, 5.74) is 7.61. The van der Waals surface area contributed by atoms with Crippen LogP contribution in [0.4, 0.5) is 5.69 Å². The Kier molecular flexibility index (Phi) is 8.17. The number of benzene rings is 2. The second kappa shape index (κ2) is 11.6. The third kappa shape index (κ3) is 6.28. The van der Waals surface area contributed by atoms with Crippen LogP contribution in [0.25, 0.3) is 0 Å². The molecular formula is C31H40N4O2S. The number of anilines is 1. The van der Waals surface area contributed by atoms with Gasteiger partial charge in [0, 0.05) is 50.6 Å². The van der Waals surface area contributed by atoms with Crippen molar-refractivity contribution < 1.29 is 8.42 Å². The Labute approximate surface area is 228 Å². The minimum absolute atomic E-state index is 0.204.